The number of nitrogens with zero attached hydrogens (tertiary/aromatic N) is 1. The van der Waals surface area contributed by atoms with Gasteiger partial charge in [-0.1, -0.05) is 17.7 Å². The Morgan fingerprint density at radius 3 is 2.70 bits per heavy atom. The lowest BCUT2D eigenvalue weighted by atomic mass is 9.86. The van der Waals surface area contributed by atoms with Gasteiger partial charge in [-0.05, 0) is 26.0 Å². The number of nitrogens with two attached hydrogens (primary N) is 1. The van der Waals surface area contributed by atoms with E-state index in [9.17, 15) is 14.7 Å². The standard InChI is InChI=1S/C17H19ClN4O5/c1-15(2)26-8-17(19,27-15)16(13(24)20-14(25)21-16)7-22-6-9-3-4-10(18)5-11(9)12(22)23/h3-6,23H,7-8,19H2,1-2H3,(H2,20,21,24,25)/t16-,17-/m1/s1. The van der Waals surface area contributed by atoms with Crippen molar-refractivity contribution in [3.8, 4) is 5.88 Å². The number of carbonyl (C=O) groups is 2. The highest BCUT2D eigenvalue weighted by Gasteiger charge is 2.65. The Bertz CT molecular complexity index is 974. The minimum atomic E-state index is -1.69. The number of benzene rings is 1. The summed E-state index contributed by atoms with van der Waals surface area (Å²) >= 11 is 6.00. The second-order valence-electron chi connectivity index (χ2n) is 7.31. The average molecular weight is 395 g/mol. The van der Waals surface area contributed by atoms with E-state index in [1.165, 1.54) is 4.57 Å². The van der Waals surface area contributed by atoms with Crippen molar-refractivity contribution in [1.29, 1.82) is 0 Å². The molecule has 1 aromatic carbocycles. The topological polar surface area (TPSA) is 128 Å². The van der Waals surface area contributed by atoms with Gasteiger partial charge < -0.3 is 24.5 Å². The number of imide groups is 1. The van der Waals surface area contributed by atoms with Crippen molar-refractivity contribution in [2.45, 2.75) is 37.4 Å². The van der Waals surface area contributed by atoms with Gasteiger partial charge in [-0.2, -0.15) is 0 Å². The Kier molecular flexibility index (Phi) is 3.73. The quantitative estimate of drug-likeness (QED) is 0.575. The Balaban J connectivity index is 1.81. The summed E-state index contributed by atoms with van der Waals surface area (Å²) in [6.07, 6.45) is 1.64. The van der Waals surface area contributed by atoms with Crippen molar-refractivity contribution in [2.24, 2.45) is 5.73 Å². The van der Waals surface area contributed by atoms with Gasteiger partial charge in [0.2, 0.25) is 0 Å². The van der Waals surface area contributed by atoms with E-state index in [1.807, 2.05) is 0 Å². The first kappa shape index (κ1) is 18.1. The van der Waals surface area contributed by atoms with Crippen LogP contribution >= 0.6 is 11.6 Å². The molecule has 0 spiro atoms. The molecule has 2 fully saturated rings. The van der Waals surface area contributed by atoms with E-state index < -0.39 is 29.0 Å². The third kappa shape index (κ3) is 2.66. The van der Waals surface area contributed by atoms with Crippen LogP contribution in [0.2, 0.25) is 5.02 Å². The number of fused-ring (bicyclic) bond motifs is 1. The summed E-state index contributed by atoms with van der Waals surface area (Å²) in [6, 6.07) is 4.34. The highest BCUT2D eigenvalue weighted by Crippen LogP contribution is 2.39. The van der Waals surface area contributed by atoms with E-state index in [-0.39, 0.29) is 19.0 Å². The van der Waals surface area contributed by atoms with Crippen LogP contribution in [0.4, 0.5) is 4.79 Å². The predicted molar refractivity (Wildman–Crippen MR) is 96.1 cm³/mol. The molecule has 0 radical (unpaired) electrons. The highest BCUT2D eigenvalue weighted by atomic mass is 35.5. The molecule has 27 heavy (non-hydrogen) atoms. The van der Waals surface area contributed by atoms with Gasteiger partial charge >= 0.3 is 6.03 Å². The molecule has 0 saturated carbocycles. The molecule has 0 unspecified atom stereocenters. The number of aromatic hydroxyl groups is 1. The van der Waals surface area contributed by atoms with E-state index in [0.29, 0.717) is 15.8 Å². The SMILES string of the molecule is CC1(C)OC[C@](N)([C@]2(Cn3cc4ccc(Cl)cc4c3O)NC(=O)NC2=O)O1. The van der Waals surface area contributed by atoms with Crippen LogP contribution in [0, 0.1) is 0 Å². The van der Waals surface area contributed by atoms with Crippen molar-refractivity contribution in [1.82, 2.24) is 15.2 Å². The monoisotopic (exact) mass is 394 g/mol. The van der Waals surface area contributed by atoms with Crippen LogP contribution in [0.5, 0.6) is 5.88 Å². The summed E-state index contributed by atoms with van der Waals surface area (Å²) in [7, 11) is 0. The number of aromatic nitrogens is 1. The van der Waals surface area contributed by atoms with Crippen LogP contribution in [0.3, 0.4) is 0 Å². The molecular formula is C17H19ClN4O5. The largest absolute Gasteiger partial charge is 0.494 e. The molecule has 2 saturated heterocycles. The molecule has 144 valence electrons. The normalized spacial score (nSPS) is 29.9. The van der Waals surface area contributed by atoms with Crippen LogP contribution in [0.25, 0.3) is 10.8 Å². The van der Waals surface area contributed by atoms with Gasteiger partial charge in [0.15, 0.2) is 22.9 Å². The molecule has 1 aromatic heterocycles. The smallest absolute Gasteiger partial charge is 0.322 e. The predicted octanol–water partition coefficient (Wildman–Crippen LogP) is 1.02. The first-order valence-corrected chi connectivity index (χ1v) is 8.67. The maximum atomic E-state index is 12.8. The fourth-order valence-electron chi connectivity index (χ4n) is 3.62. The van der Waals surface area contributed by atoms with Gasteiger partial charge in [0.05, 0.1) is 13.2 Å². The fourth-order valence-corrected chi connectivity index (χ4v) is 3.79. The zero-order valence-corrected chi connectivity index (χ0v) is 15.5. The molecule has 2 aliphatic heterocycles. The average Bonchev–Trinajstić information content (AvgIpc) is 3.14. The van der Waals surface area contributed by atoms with Gasteiger partial charge in [-0.15, -0.1) is 0 Å². The maximum Gasteiger partial charge on any atom is 0.322 e. The van der Waals surface area contributed by atoms with Crippen LogP contribution in [-0.2, 0) is 20.8 Å². The molecule has 4 rings (SSSR count). The van der Waals surface area contributed by atoms with Crippen LogP contribution in [0.1, 0.15) is 13.8 Å². The lowest BCUT2D eigenvalue weighted by Crippen LogP contribution is -2.72. The Morgan fingerprint density at radius 1 is 1.37 bits per heavy atom. The summed E-state index contributed by atoms with van der Waals surface area (Å²) in [5, 5.41) is 17.1. The molecule has 2 aromatic rings. The Labute approximate surface area is 159 Å². The van der Waals surface area contributed by atoms with Gasteiger partial charge in [-0.3, -0.25) is 15.8 Å². The van der Waals surface area contributed by atoms with Crippen molar-refractivity contribution < 1.29 is 24.2 Å². The molecule has 0 aliphatic carbocycles. The van der Waals surface area contributed by atoms with Gasteiger partial charge in [0.1, 0.15) is 0 Å². The zero-order chi connectivity index (χ0) is 19.6. The van der Waals surface area contributed by atoms with Gasteiger partial charge in [0.25, 0.3) is 5.91 Å². The second-order valence-corrected chi connectivity index (χ2v) is 7.74. The zero-order valence-electron chi connectivity index (χ0n) is 14.7. The maximum absolute atomic E-state index is 12.8. The van der Waals surface area contributed by atoms with E-state index in [4.69, 9.17) is 26.8 Å². The molecule has 0 bridgehead atoms. The third-order valence-corrected chi connectivity index (χ3v) is 5.19. The molecule has 3 heterocycles. The van der Waals surface area contributed by atoms with Crippen LogP contribution in [0.15, 0.2) is 24.4 Å². The summed E-state index contributed by atoms with van der Waals surface area (Å²) in [5.41, 5.74) is 3.07. The van der Waals surface area contributed by atoms with Crippen molar-refractivity contribution in [2.75, 3.05) is 6.61 Å². The van der Waals surface area contributed by atoms with Gasteiger partial charge in [-0.25, -0.2) is 4.79 Å². The van der Waals surface area contributed by atoms with Crippen molar-refractivity contribution in [3.63, 3.8) is 0 Å². The first-order chi connectivity index (χ1) is 12.6. The number of amides is 3. The summed E-state index contributed by atoms with van der Waals surface area (Å²) < 4.78 is 12.8. The molecule has 3 amide bonds. The van der Waals surface area contributed by atoms with Crippen molar-refractivity contribution >= 4 is 34.3 Å². The summed E-state index contributed by atoms with van der Waals surface area (Å²) in [5.74, 6) is -1.80. The van der Waals surface area contributed by atoms with Gasteiger partial charge in [0, 0.05) is 22.0 Å². The van der Waals surface area contributed by atoms with Crippen molar-refractivity contribution in [3.05, 3.63) is 29.4 Å². The minimum Gasteiger partial charge on any atom is -0.494 e. The van der Waals surface area contributed by atoms with E-state index in [0.717, 1.165) is 0 Å². The minimum absolute atomic E-state index is 0.109. The van der Waals surface area contributed by atoms with E-state index in [1.54, 1.807) is 38.2 Å². The molecule has 9 nitrogen and oxygen atoms in total. The molecule has 2 aliphatic rings. The number of nitrogens with one attached hydrogen (secondary N) is 2. The summed E-state index contributed by atoms with van der Waals surface area (Å²) in [6.45, 7) is 3.03. The number of hydrogen-bond acceptors (Lipinski definition) is 6. The van der Waals surface area contributed by atoms with E-state index in [2.05, 4.69) is 10.6 Å². The van der Waals surface area contributed by atoms with Crippen LogP contribution < -0.4 is 16.4 Å². The number of hydrogen-bond donors (Lipinski definition) is 4. The lowest BCUT2D eigenvalue weighted by molar-refractivity contribution is -0.181. The Morgan fingerprint density at radius 2 is 2.11 bits per heavy atom. The fraction of sp³-hybridized carbons (Fsp3) is 0.412. The lowest BCUT2D eigenvalue weighted by Gasteiger charge is -2.40. The summed E-state index contributed by atoms with van der Waals surface area (Å²) in [4.78, 5) is 24.7. The first-order valence-electron chi connectivity index (χ1n) is 8.29. The highest BCUT2D eigenvalue weighted by molar-refractivity contribution is 6.31. The number of carbonyl (C=O) groups excluding carboxylic acids is 2. The molecule has 2 atom stereocenters. The number of ether oxygens (including phenoxy) is 2. The Hall–Kier alpha value is -2.33. The van der Waals surface area contributed by atoms with Crippen LogP contribution in [-0.4, -0.2) is 45.3 Å². The molecule has 5 N–H and O–H groups in total. The number of urea groups is 1. The second kappa shape index (κ2) is 5.59. The third-order valence-electron chi connectivity index (χ3n) is 4.96. The van der Waals surface area contributed by atoms with E-state index >= 15 is 0 Å². The number of rotatable bonds is 3. The molecule has 10 heteroatoms. The number of halogens is 1. The molecular weight excluding hydrogens is 376 g/mol.